The van der Waals surface area contributed by atoms with Gasteiger partial charge in [0.1, 0.15) is 11.6 Å². The van der Waals surface area contributed by atoms with E-state index in [1.807, 2.05) is 19.1 Å². The third kappa shape index (κ3) is 4.18. The molecule has 1 aromatic heterocycles. The van der Waals surface area contributed by atoms with Crippen molar-refractivity contribution in [2.45, 2.75) is 32.6 Å². The van der Waals surface area contributed by atoms with Gasteiger partial charge in [-0.3, -0.25) is 0 Å². The van der Waals surface area contributed by atoms with Gasteiger partial charge in [0.2, 0.25) is 5.95 Å². The zero-order chi connectivity index (χ0) is 16.2. The van der Waals surface area contributed by atoms with E-state index in [0.717, 1.165) is 49.4 Å². The monoisotopic (exact) mass is 314 g/mol. The normalized spacial score (nSPS) is 18.2. The first-order valence-electron chi connectivity index (χ1n) is 8.21. The molecule has 1 aliphatic heterocycles. The van der Waals surface area contributed by atoms with Crippen LogP contribution in [0.4, 0.5) is 16.2 Å². The van der Waals surface area contributed by atoms with E-state index in [1.165, 1.54) is 12.5 Å². The smallest absolute Gasteiger partial charge is 0.222 e. The number of anilines is 2. The van der Waals surface area contributed by atoms with Gasteiger partial charge in [0.25, 0.3) is 0 Å². The lowest BCUT2D eigenvalue weighted by Gasteiger charge is -2.33. The van der Waals surface area contributed by atoms with Crippen molar-refractivity contribution in [3.63, 3.8) is 0 Å². The van der Waals surface area contributed by atoms with Gasteiger partial charge in [0.15, 0.2) is 0 Å². The van der Waals surface area contributed by atoms with Gasteiger partial charge in [-0.2, -0.15) is 4.98 Å². The molecule has 0 saturated carbocycles. The molecule has 2 heterocycles. The molecule has 23 heavy (non-hydrogen) atoms. The van der Waals surface area contributed by atoms with Crippen LogP contribution in [0, 0.1) is 18.7 Å². The van der Waals surface area contributed by atoms with Crippen molar-refractivity contribution < 1.29 is 4.39 Å². The fraction of sp³-hybridized carbons (Fsp3) is 0.444. The lowest BCUT2D eigenvalue weighted by molar-refractivity contribution is 0.390. The number of hydrogen-bond donors (Lipinski definition) is 1. The molecule has 0 bridgehead atoms. The Balaban J connectivity index is 1.61. The molecular weight excluding hydrogens is 291 g/mol. The molecule has 1 aliphatic rings. The van der Waals surface area contributed by atoms with Crippen LogP contribution in [0.1, 0.15) is 30.5 Å². The maximum Gasteiger partial charge on any atom is 0.222 e. The second-order valence-electron chi connectivity index (χ2n) is 6.35. The minimum atomic E-state index is -0.153. The molecule has 122 valence electrons. The summed E-state index contributed by atoms with van der Waals surface area (Å²) in [6.45, 7) is 3.92. The maximum absolute atomic E-state index is 13.3. The van der Waals surface area contributed by atoms with E-state index in [9.17, 15) is 4.39 Å². The van der Waals surface area contributed by atoms with Crippen molar-refractivity contribution in [1.29, 1.82) is 0 Å². The Morgan fingerprint density at radius 2 is 2.17 bits per heavy atom. The molecule has 1 atom stereocenters. The summed E-state index contributed by atoms with van der Waals surface area (Å²) in [6.07, 6.45) is 4.35. The Labute approximate surface area is 136 Å². The molecule has 3 rings (SSSR count). The van der Waals surface area contributed by atoms with E-state index in [2.05, 4.69) is 14.9 Å². The minimum absolute atomic E-state index is 0.153. The van der Waals surface area contributed by atoms with Gasteiger partial charge in [-0.05, 0) is 56.2 Å². The number of nitrogens with zero attached hydrogens (tertiary/aromatic N) is 3. The first-order valence-corrected chi connectivity index (χ1v) is 8.21. The molecule has 4 nitrogen and oxygen atoms in total. The van der Waals surface area contributed by atoms with Crippen LogP contribution in [0.5, 0.6) is 0 Å². The van der Waals surface area contributed by atoms with Crippen molar-refractivity contribution in [3.8, 4) is 0 Å². The number of aromatic nitrogens is 2. The average Bonchev–Trinajstić information content (AvgIpc) is 2.52. The van der Waals surface area contributed by atoms with E-state index < -0.39 is 0 Å². The Morgan fingerprint density at radius 1 is 1.30 bits per heavy atom. The van der Waals surface area contributed by atoms with E-state index >= 15 is 0 Å². The van der Waals surface area contributed by atoms with Crippen LogP contribution in [-0.4, -0.2) is 23.1 Å². The lowest BCUT2D eigenvalue weighted by Crippen LogP contribution is -2.36. The molecular formula is C18H23FN4. The largest absolute Gasteiger partial charge is 0.368 e. The van der Waals surface area contributed by atoms with Crippen LogP contribution < -0.4 is 10.6 Å². The van der Waals surface area contributed by atoms with Gasteiger partial charge in [-0.15, -0.1) is 0 Å². The molecule has 1 saturated heterocycles. The highest BCUT2D eigenvalue weighted by atomic mass is 19.1. The predicted molar refractivity (Wildman–Crippen MR) is 90.8 cm³/mol. The summed E-state index contributed by atoms with van der Waals surface area (Å²) in [7, 11) is 0. The number of aryl methyl sites for hydroxylation is 2. The fourth-order valence-electron chi connectivity index (χ4n) is 3.31. The average molecular weight is 314 g/mol. The van der Waals surface area contributed by atoms with Gasteiger partial charge in [0.05, 0.1) is 0 Å². The summed E-state index contributed by atoms with van der Waals surface area (Å²) >= 11 is 0. The number of hydrogen-bond acceptors (Lipinski definition) is 4. The summed E-state index contributed by atoms with van der Waals surface area (Å²) in [4.78, 5) is 10.8. The van der Waals surface area contributed by atoms with Crippen molar-refractivity contribution in [2.24, 2.45) is 5.92 Å². The zero-order valence-corrected chi connectivity index (χ0v) is 13.5. The molecule has 5 heteroatoms. The molecule has 1 aromatic carbocycles. The first-order chi connectivity index (χ1) is 11.1. The molecule has 0 radical (unpaired) electrons. The predicted octanol–water partition coefficient (Wildman–Crippen LogP) is 3.36. The Hall–Kier alpha value is -2.17. The topological polar surface area (TPSA) is 55.0 Å². The summed E-state index contributed by atoms with van der Waals surface area (Å²) in [5.41, 5.74) is 7.74. The molecule has 2 aromatic rings. The number of halogens is 1. The highest BCUT2D eigenvalue weighted by Gasteiger charge is 2.21. The summed E-state index contributed by atoms with van der Waals surface area (Å²) in [5.74, 6) is 1.70. The Morgan fingerprint density at radius 3 is 2.96 bits per heavy atom. The zero-order valence-electron chi connectivity index (χ0n) is 13.5. The number of rotatable bonds is 4. The Kier molecular flexibility index (Phi) is 4.74. The van der Waals surface area contributed by atoms with Gasteiger partial charge >= 0.3 is 0 Å². The minimum Gasteiger partial charge on any atom is -0.368 e. The van der Waals surface area contributed by atoms with E-state index in [4.69, 9.17) is 5.73 Å². The quantitative estimate of drug-likeness (QED) is 0.940. The SMILES string of the molecule is Cc1cc(N2CCC[C@@H](CCc3cccc(F)c3)C2)nc(N)n1. The van der Waals surface area contributed by atoms with Crippen molar-refractivity contribution in [2.75, 3.05) is 23.7 Å². The van der Waals surface area contributed by atoms with Crippen LogP contribution >= 0.6 is 0 Å². The summed E-state index contributed by atoms with van der Waals surface area (Å²) in [5, 5.41) is 0. The number of benzene rings is 1. The van der Waals surface area contributed by atoms with Gasteiger partial charge in [-0.25, -0.2) is 9.37 Å². The van der Waals surface area contributed by atoms with Crippen LogP contribution in [0.3, 0.4) is 0 Å². The third-order valence-electron chi connectivity index (χ3n) is 4.43. The highest BCUT2D eigenvalue weighted by molar-refractivity contribution is 5.43. The van der Waals surface area contributed by atoms with Crippen LogP contribution in [0.2, 0.25) is 0 Å². The van der Waals surface area contributed by atoms with E-state index in [0.29, 0.717) is 11.9 Å². The van der Waals surface area contributed by atoms with Crippen LogP contribution in [-0.2, 0) is 6.42 Å². The number of nitrogen functional groups attached to an aromatic ring is 1. The van der Waals surface area contributed by atoms with Gasteiger partial charge in [0, 0.05) is 24.8 Å². The second kappa shape index (κ2) is 6.94. The van der Waals surface area contributed by atoms with Gasteiger partial charge in [-0.1, -0.05) is 12.1 Å². The van der Waals surface area contributed by atoms with Gasteiger partial charge < -0.3 is 10.6 Å². The lowest BCUT2D eigenvalue weighted by atomic mass is 9.91. The molecule has 0 unspecified atom stereocenters. The molecule has 0 spiro atoms. The number of piperidine rings is 1. The molecule has 1 fully saturated rings. The molecule has 0 amide bonds. The van der Waals surface area contributed by atoms with E-state index in [-0.39, 0.29) is 5.82 Å². The third-order valence-corrected chi connectivity index (χ3v) is 4.43. The highest BCUT2D eigenvalue weighted by Crippen LogP contribution is 2.25. The second-order valence-corrected chi connectivity index (χ2v) is 6.35. The standard InChI is InChI=1S/C18H23FN4/c1-13-10-17(22-18(20)21-13)23-9-3-5-15(12-23)8-7-14-4-2-6-16(19)11-14/h2,4,6,10-11,15H,3,5,7-9,12H2,1H3,(H2,20,21,22)/t15-/m0/s1. The van der Waals surface area contributed by atoms with Crippen molar-refractivity contribution in [1.82, 2.24) is 9.97 Å². The Bertz CT molecular complexity index is 654. The van der Waals surface area contributed by atoms with Crippen LogP contribution in [0.15, 0.2) is 30.3 Å². The fourth-order valence-corrected chi connectivity index (χ4v) is 3.31. The number of nitrogens with two attached hydrogens (primary N) is 1. The molecule has 2 N–H and O–H groups in total. The van der Waals surface area contributed by atoms with E-state index in [1.54, 1.807) is 12.1 Å². The molecule has 0 aliphatic carbocycles. The summed E-state index contributed by atoms with van der Waals surface area (Å²) in [6, 6.07) is 8.90. The maximum atomic E-state index is 13.3. The van der Waals surface area contributed by atoms with Crippen LogP contribution in [0.25, 0.3) is 0 Å². The van der Waals surface area contributed by atoms with Crippen molar-refractivity contribution in [3.05, 3.63) is 47.4 Å². The summed E-state index contributed by atoms with van der Waals surface area (Å²) < 4.78 is 13.3. The first kappa shape index (κ1) is 15.7. The van der Waals surface area contributed by atoms with Crippen molar-refractivity contribution >= 4 is 11.8 Å².